The van der Waals surface area contributed by atoms with Crippen LogP contribution in [-0.4, -0.2) is 27.6 Å². The Balaban J connectivity index is 1.91. The maximum Gasteiger partial charge on any atom is 0.279 e. The molecule has 2 bridgehead atoms. The Morgan fingerprint density at radius 2 is 2.05 bits per heavy atom. The number of nitro benzene ring substituents is 2. The molecule has 0 aliphatic carbocycles. The summed E-state index contributed by atoms with van der Waals surface area (Å²) in [5.41, 5.74) is 5.62. The van der Waals surface area contributed by atoms with Crippen LogP contribution in [-0.2, 0) is 11.2 Å². The summed E-state index contributed by atoms with van der Waals surface area (Å²) in [6, 6.07) is 3.70. The van der Waals surface area contributed by atoms with Gasteiger partial charge in [0.05, 0.1) is 28.1 Å². The number of benzene rings is 1. The van der Waals surface area contributed by atoms with Crippen LogP contribution in [0.5, 0.6) is 0 Å². The van der Waals surface area contributed by atoms with Crippen molar-refractivity contribution in [1.82, 2.24) is 0 Å². The van der Waals surface area contributed by atoms with Gasteiger partial charge in [0.1, 0.15) is 0 Å². The number of hydrogen-bond donors (Lipinski definition) is 1. The minimum absolute atomic E-state index is 0.0858. The molecule has 2 aliphatic heterocycles. The van der Waals surface area contributed by atoms with Crippen LogP contribution in [0.4, 0.5) is 11.4 Å². The summed E-state index contributed by atoms with van der Waals surface area (Å²) >= 11 is 0. The minimum Gasteiger partial charge on any atom is -0.373 e. The van der Waals surface area contributed by atoms with E-state index in [4.69, 9.17) is 10.5 Å². The zero-order chi connectivity index (χ0) is 15.2. The molecule has 2 N–H and O–H groups in total. The van der Waals surface area contributed by atoms with E-state index in [0.717, 1.165) is 18.9 Å². The number of nitrogens with two attached hydrogens (primary N) is 1. The fraction of sp³-hybridized carbons (Fsp3) is 0.538. The Morgan fingerprint density at radius 3 is 2.57 bits per heavy atom. The van der Waals surface area contributed by atoms with Crippen LogP contribution < -0.4 is 5.73 Å². The van der Waals surface area contributed by atoms with Crippen LogP contribution in [0.15, 0.2) is 18.2 Å². The Bertz CT molecular complexity index is 620. The van der Waals surface area contributed by atoms with Crippen LogP contribution >= 0.6 is 0 Å². The molecule has 21 heavy (non-hydrogen) atoms. The first-order valence-corrected chi connectivity index (χ1v) is 6.75. The van der Waals surface area contributed by atoms with E-state index in [0.29, 0.717) is 18.4 Å². The Labute approximate surface area is 120 Å². The van der Waals surface area contributed by atoms with E-state index in [9.17, 15) is 20.2 Å². The highest BCUT2D eigenvalue weighted by Gasteiger charge is 2.50. The summed E-state index contributed by atoms with van der Waals surface area (Å²) in [5.74, 6) is 0. The largest absolute Gasteiger partial charge is 0.373 e. The summed E-state index contributed by atoms with van der Waals surface area (Å²) in [5, 5.41) is 21.9. The molecule has 8 nitrogen and oxygen atoms in total. The first-order chi connectivity index (χ1) is 9.89. The van der Waals surface area contributed by atoms with Crippen molar-refractivity contribution >= 4 is 11.4 Å². The number of rotatable bonds is 4. The monoisotopic (exact) mass is 293 g/mol. The Morgan fingerprint density at radius 1 is 1.29 bits per heavy atom. The van der Waals surface area contributed by atoms with Gasteiger partial charge in [-0.05, 0) is 31.7 Å². The Kier molecular flexibility index (Phi) is 3.14. The van der Waals surface area contributed by atoms with Crippen molar-refractivity contribution in [2.24, 2.45) is 5.73 Å². The van der Waals surface area contributed by atoms with Gasteiger partial charge in [0.25, 0.3) is 11.4 Å². The molecule has 0 spiro atoms. The van der Waals surface area contributed by atoms with E-state index in [1.165, 1.54) is 12.1 Å². The molecule has 3 rings (SSSR count). The SMILES string of the molecule is NC1(Cc2ccc([N+](=O)[O-])cc2[N+](=O)[O-])CC2CCC1O2. The van der Waals surface area contributed by atoms with Crippen LogP contribution in [0.2, 0.25) is 0 Å². The van der Waals surface area contributed by atoms with Gasteiger partial charge in [-0.1, -0.05) is 0 Å². The van der Waals surface area contributed by atoms with Gasteiger partial charge in [0.2, 0.25) is 0 Å². The third-order valence-electron chi connectivity index (χ3n) is 4.35. The third kappa shape index (κ3) is 2.36. The van der Waals surface area contributed by atoms with Gasteiger partial charge in [-0.3, -0.25) is 20.2 Å². The quantitative estimate of drug-likeness (QED) is 0.666. The standard InChI is InChI=1S/C13H15N3O5/c14-13(7-10-3-4-12(13)21-10)6-8-1-2-9(15(17)18)5-11(8)16(19)20/h1-2,5,10,12H,3-4,6-7,14H2. The van der Waals surface area contributed by atoms with Crippen LogP contribution in [0.3, 0.4) is 0 Å². The summed E-state index contributed by atoms with van der Waals surface area (Å²) in [4.78, 5) is 20.6. The molecule has 0 radical (unpaired) electrons. The molecule has 112 valence electrons. The van der Waals surface area contributed by atoms with Gasteiger partial charge >= 0.3 is 0 Å². The summed E-state index contributed by atoms with van der Waals surface area (Å²) < 4.78 is 5.72. The molecular weight excluding hydrogens is 278 g/mol. The molecule has 8 heteroatoms. The van der Waals surface area contributed by atoms with Crippen molar-refractivity contribution in [2.75, 3.05) is 0 Å². The summed E-state index contributed by atoms with van der Waals surface area (Å²) in [7, 11) is 0. The predicted octanol–water partition coefficient (Wildman–Crippen LogP) is 1.69. The van der Waals surface area contributed by atoms with Crippen molar-refractivity contribution < 1.29 is 14.6 Å². The predicted molar refractivity (Wildman–Crippen MR) is 72.9 cm³/mol. The summed E-state index contributed by atoms with van der Waals surface area (Å²) in [6.45, 7) is 0. The Hall–Kier alpha value is -2.06. The van der Waals surface area contributed by atoms with Gasteiger partial charge in [0, 0.05) is 17.2 Å². The van der Waals surface area contributed by atoms with Crippen molar-refractivity contribution in [2.45, 2.75) is 43.4 Å². The molecule has 2 heterocycles. The third-order valence-corrected chi connectivity index (χ3v) is 4.35. The fourth-order valence-corrected chi connectivity index (χ4v) is 3.36. The minimum atomic E-state index is -0.643. The molecule has 1 aromatic rings. The van der Waals surface area contributed by atoms with E-state index in [-0.39, 0.29) is 23.6 Å². The first-order valence-electron chi connectivity index (χ1n) is 6.75. The molecule has 3 atom stereocenters. The fourth-order valence-electron chi connectivity index (χ4n) is 3.36. The second-order valence-corrected chi connectivity index (χ2v) is 5.77. The van der Waals surface area contributed by atoms with Crippen molar-refractivity contribution in [3.05, 3.63) is 44.0 Å². The normalized spacial score (nSPS) is 30.5. The van der Waals surface area contributed by atoms with Gasteiger partial charge in [-0.25, -0.2) is 0 Å². The molecule has 2 aliphatic rings. The molecule has 2 fully saturated rings. The number of nitrogens with zero attached hydrogens (tertiary/aromatic N) is 2. The molecule has 0 saturated carbocycles. The van der Waals surface area contributed by atoms with Gasteiger partial charge in [0.15, 0.2) is 0 Å². The molecule has 0 aromatic heterocycles. The average molecular weight is 293 g/mol. The zero-order valence-corrected chi connectivity index (χ0v) is 11.2. The highest BCUT2D eigenvalue weighted by Crippen LogP contribution is 2.43. The zero-order valence-electron chi connectivity index (χ0n) is 11.2. The summed E-state index contributed by atoms with van der Waals surface area (Å²) in [6.07, 6.45) is 2.86. The number of fused-ring (bicyclic) bond motifs is 2. The molecule has 0 amide bonds. The van der Waals surface area contributed by atoms with Crippen LogP contribution in [0, 0.1) is 20.2 Å². The highest BCUT2D eigenvalue weighted by atomic mass is 16.6. The number of nitro groups is 2. The number of non-ortho nitro benzene ring substituents is 1. The van der Waals surface area contributed by atoms with Crippen molar-refractivity contribution in [3.8, 4) is 0 Å². The maximum atomic E-state index is 11.1. The second-order valence-electron chi connectivity index (χ2n) is 5.77. The van der Waals surface area contributed by atoms with E-state index < -0.39 is 15.4 Å². The van der Waals surface area contributed by atoms with E-state index in [1.54, 1.807) is 0 Å². The molecule has 2 saturated heterocycles. The van der Waals surface area contributed by atoms with Crippen molar-refractivity contribution in [3.63, 3.8) is 0 Å². The second kappa shape index (κ2) is 4.74. The average Bonchev–Trinajstić information content (AvgIpc) is 2.98. The van der Waals surface area contributed by atoms with E-state index in [2.05, 4.69) is 0 Å². The lowest BCUT2D eigenvalue weighted by molar-refractivity contribution is -0.394. The maximum absolute atomic E-state index is 11.1. The smallest absolute Gasteiger partial charge is 0.279 e. The van der Waals surface area contributed by atoms with Crippen LogP contribution in [0.1, 0.15) is 24.8 Å². The van der Waals surface area contributed by atoms with E-state index >= 15 is 0 Å². The van der Waals surface area contributed by atoms with Crippen molar-refractivity contribution in [1.29, 1.82) is 0 Å². The number of hydrogen-bond acceptors (Lipinski definition) is 6. The lowest BCUT2D eigenvalue weighted by Crippen LogP contribution is -2.50. The molecule has 1 aromatic carbocycles. The molecular formula is C13H15N3O5. The lowest BCUT2D eigenvalue weighted by Gasteiger charge is -2.31. The molecule has 3 unspecified atom stereocenters. The first kappa shape index (κ1) is 13.9. The number of ether oxygens (including phenoxy) is 1. The van der Waals surface area contributed by atoms with Gasteiger partial charge in [-0.2, -0.15) is 0 Å². The van der Waals surface area contributed by atoms with Crippen LogP contribution in [0.25, 0.3) is 0 Å². The topological polar surface area (TPSA) is 122 Å². The highest BCUT2D eigenvalue weighted by molar-refractivity contribution is 5.50. The van der Waals surface area contributed by atoms with Gasteiger partial charge < -0.3 is 10.5 Å². The van der Waals surface area contributed by atoms with Gasteiger partial charge in [-0.15, -0.1) is 0 Å². The lowest BCUT2D eigenvalue weighted by atomic mass is 9.78. The van der Waals surface area contributed by atoms with E-state index in [1.807, 2.05) is 0 Å².